The Hall–Kier alpha value is -1.10. The molecule has 0 aliphatic heterocycles. The Morgan fingerprint density at radius 3 is 2.35 bits per heavy atom. The first kappa shape index (κ1) is 14.0. The maximum atomic E-state index is 11.8. The van der Waals surface area contributed by atoms with E-state index in [1.807, 2.05) is 6.92 Å². The van der Waals surface area contributed by atoms with Gasteiger partial charge in [-0.25, -0.2) is 0 Å². The Labute approximate surface area is 101 Å². The molecule has 0 aromatic carbocycles. The highest BCUT2D eigenvalue weighted by molar-refractivity contribution is 5.82. The Bertz CT molecular complexity index is 276. The van der Waals surface area contributed by atoms with Crippen LogP contribution >= 0.6 is 0 Å². The number of carbonyl (C=O) groups is 2. The highest BCUT2D eigenvalue weighted by Crippen LogP contribution is 2.33. The Kier molecular flexibility index (Phi) is 5.41. The monoisotopic (exact) mass is 244 g/mol. The lowest BCUT2D eigenvalue weighted by Gasteiger charge is -2.15. The fraction of sp³-hybridized carbons (Fsp3) is 0.833. The van der Waals surface area contributed by atoms with Crippen molar-refractivity contribution in [1.82, 2.24) is 0 Å². The van der Waals surface area contributed by atoms with Crippen LogP contribution in [0.1, 0.15) is 32.6 Å². The molecule has 1 fully saturated rings. The van der Waals surface area contributed by atoms with Crippen LogP contribution < -0.4 is 0 Å². The molecule has 17 heavy (non-hydrogen) atoms. The number of carbonyl (C=O) groups excluding carboxylic acids is 2. The summed E-state index contributed by atoms with van der Waals surface area (Å²) in [5, 5.41) is 9.52. The Balaban J connectivity index is 2.54. The van der Waals surface area contributed by atoms with Crippen molar-refractivity contribution in [3.05, 3.63) is 0 Å². The molecule has 0 amide bonds. The first-order chi connectivity index (χ1) is 8.10. The van der Waals surface area contributed by atoms with E-state index in [0.717, 1.165) is 12.8 Å². The number of hydrogen-bond acceptors (Lipinski definition) is 5. The summed E-state index contributed by atoms with van der Waals surface area (Å²) in [7, 11) is 1.28. The van der Waals surface area contributed by atoms with E-state index >= 15 is 0 Å². The molecule has 98 valence electrons. The van der Waals surface area contributed by atoms with Gasteiger partial charge >= 0.3 is 11.9 Å². The number of methoxy groups -OCH3 is 1. The highest BCUT2D eigenvalue weighted by Gasteiger charge is 2.43. The van der Waals surface area contributed by atoms with Crippen LogP contribution in [0.25, 0.3) is 0 Å². The third kappa shape index (κ3) is 3.70. The van der Waals surface area contributed by atoms with Crippen LogP contribution in [0.4, 0.5) is 0 Å². The number of aliphatic hydroxyl groups is 1. The minimum atomic E-state index is -0.622. The van der Waals surface area contributed by atoms with E-state index in [-0.39, 0.29) is 12.8 Å². The Morgan fingerprint density at radius 2 is 1.82 bits per heavy atom. The predicted molar refractivity (Wildman–Crippen MR) is 60.1 cm³/mol. The number of aliphatic hydroxyl groups excluding tert-OH is 1. The molecule has 1 N–H and O–H groups in total. The number of unbranched alkanes of at least 4 members (excludes halogenated alkanes) is 1. The Morgan fingerprint density at radius 1 is 1.24 bits per heavy atom. The highest BCUT2D eigenvalue weighted by atomic mass is 16.5. The van der Waals surface area contributed by atoms with Gasteiger partial charge < -0.3 is 14.6 Å². The first-order valence-corrected chi connectivity index (χ1v) is 6.02. The molecule has 0 heterocycles. The van der Waals surface area contributed by atoms with Crippen molar-refractivity contribution < 1.29 is 24.2 Å². The molecule has 0 bridgehead atoms. The van der Waals surface area contributed by atoms with E-state index in [1.54, 1.807) is 0 Å². The van der Waals surface area contributed by atoms with Gasteiger partial charge in [0.05, 0.1) is 31.7 Å². The lowest BCUT2D eigenvalue weighted by molar-refractivity contribution is -0.157. The van der Waals surface area contributed by atoms with Gasteiger partial charge in [-0.3, -0.25) is 9.59 Å². The van der Waals surface area contributed by atoms with Gasteiger partial charge in [-0.2, -0.15) is 0 Å². The molecule has 0 unspecified atom stereocenters. The van der Waals surface area contributed by atoms with Gasteiger partial charge in [0, 0.05) is 0 Å². The van der Waals surface area contributed by atoms with Crippen LogP contribution in [-0.2, 0) is 19.1 Å². The normalized spacial score (nSPS) is 27.8. The van der Waals surface area contributed by atoms with Crippen molar-refractivity contribution in [3.63, 3.8) is 0 Å². The zero-order chi connectivity index (χ0) is 12.8. The van der Waals surface area contributed by atoms with Crippen molar-refractivity contribution in [2.24, 2.45) is 11.8 Å². The molecule has 0 saturated heterocycles. The third-order valence-electron chi connectivity index (χ3n) is 3.09. The second kappa shape index (κ2) is 6.59. The molecule has 1 rings (SSSR count). The summed E-state index contributed by atoms with van der Waals surface area (Å²) in [5.41, 5.74) is 0. The summed E-state index contributed by atoms with van der Waals surface area (Å²) in [5.74, 6) is -1.97. The zero-order valence-electron chi connectivity index (χ0n) is 10.3. The van der Waals surface area contributed by atoms with E-state index < -0.39 is 29.9 Å². The predicted octanol–water partition coefficient (Wildman–Crippen LogP) is 0.890. The van der Waals surface area contributed by atoms with Gasteiger partial charge in [0.1, 0.15) is 0 Å². The topological polar surface area (TPSA) is 72.8 Å². The summed E-state index contributed by atoms with van der Waals surface area (Å²) in [6.07, 6.45) is 1.69. The van der Waals surface area contributed by atoms with Crippen LogP contribution in [0.2, 0.25) is 0 Å². The molecular formula is C12H20O5. The zero-order valence-corrected chi connectivity index (χ0v) is 10.3. The van der Waals surface area contributed by atoms with Crippen molar-refractivity contribution in [2.75, 3.05) is 13.7 Å². The van der Waals surface area contributed by atoms with Crippen LogP contribution in [0.3, 0.4) is 0 Å². The van der Waals surface area contributed by atoms with Gasteiger partial charge in [0.25, 0.3) is 0 Å². The summed E-state index contributed by atoms with van der Waals surface area (Å²) in [4.78, 5) is 23.2. The first-order valence-electron chi connectivity index (χ1n) is 6.02. The van der Waals surface area contributed by atoms with Gasteiger partial charge in [-0.15, -0.1) is 0 Å². The van der Waals surface area contributed by atoms with Crippen molar-refractivity contribution >= 4 is 11.9 Å². The second-order valence-corrected chi connectivity index (χ2v) is 4.38. The number of hydrogen-bond donors (Lipinski definition) is 1. The van der Waals surface area contributed by atoms with Gasteiger partial charge in [-0.05, 0) is 19.3 Å². The standard InChI is InChI=1S/C12H20O5/c1-3-4-5-17-12(15)10-7-8(13)6-9(10)11(14)16-2/h8-10,13H,3-7H2,1-2H3/t8-,9-,10-/m1/s1. The quantitative estimate of drug-likeness (QED) is 0.574. The lowest BCUT2D eigenvalue weighted by Crippen LogP contribution is -2.28. The average Bonchev–Trinajstić information content (AvgIpc) is 2.70. The minimum Gasteiger partial charge on any atom is -0.469 e. The van der Waals surface area contributed by atoms with Crippen LogP contribution in [0.15, 0.2) is 0 Å². The van der Waals surface area contributed by atoms with Gasteiger partial charge in [0.2, 0.25) is 0 Å². The molecule has 0 aromatic heterocycles. The van der Waals surface area contributed by atoms with E-state index in [1.165, 1.54) is 7.11 Å². The van der Waals surface area contributed by atoms with Crippen molar-refractivity contribution in [3.8, 4) is 0 Å². The lowest BCUT2D eigenvalue weighted by atomic mass is 9.96. The molecule has 3 atom stereocenters. The average molecular weight is 244 g/mol. The summed E-state index contributed by atoms with van der Waals surface area (Å²) in [6, 6.07) is 0. The van der Waals surface area contributed by atoms with Crippen LogP contribution in [-0.4, -0.2) is 36.9 Å². The second-order valence-electron chi connectivity index (χ2n) is 4.38. The molecule has 0 aromatic rings. The van der Waals surface area contributed by atoms with Crippen LogP contribution in [0, 0.1) is 11.8 Å². The van der Waals surface area contributed by atoms with E-state index in [9.17, 15) is 14.7 Å². The summed E-state index contributed by atoms with van der Waals surface area (Å²) >= 11 is 0. The molecule has 1 aliphatic rings. The molecule has 1 saturated carbocycles. The molecule has 0 spiro atoms. The van der Waals surface area contributed by atoms with E-state index in [0.29, 0.717) is 6.61 Å². The van der Waals surface area contributed by atoms with E-state index in [2.05, 4.69) is 4.74 Å². The number of ether oxygens (including phenoxy) is 2. The fourth-order valence-electron chi connectivity index (χ4n) is 2.11. The smallest absolute Gasteiger partial charge is 0.309 e. The summed E-state index contributed by atoms with van der Waals surface area (Å²) < 4.78 is 9.71. The molecule has 0 radical (unpaired) electrons. The number of rotatable bonds is 5. The molecule has 5 nitrogen and oxygen atoms in total. The van der Waals surface area contributed by atoms with Crippen LogP contribution in [0.5, 0.6) is 0 Å². The maximum Gasteiger partial charge on any atom is 0.309 e. The van der Waals surface area contributed by atoms with Gasteiger partial charge in [-0.1, -0.05) is 13.3 Å². The largest absolute Gasteiger partial charge is 0.469 e. The molecule has 1 aliphatic carbocycles. The van der Waals surface area contributed by atoms with Gasteiger partial charge in [0.15, 0.2) is 0 Å². The SMILES string of the molecule is CCCCOC(=O)[C@@H]1C[C@H](O)C[C@H]1C(=O)OC. The minimum absolute atomic E-state index is 0.278. The van der Waals surface area contributed by atoms with Crippen molar-refractivity contribution in [2.45, 2.75) is 38.7 Å². The van der Waals surface area contributed by atoms with E-state index in [4.69, 9.17) is 4.74 Å². The number of esters is 2. The van der Waals surface area contributed by atoms with Crippen molar-refractivity contribution in [1.29, 1.82) is 0 Å². The molecular weight excluding hydrogens is 224 g/mol. The third-order valence-corrected chi connectivity index (χ3v) is 3.09. The maximum absolute atomic E-state index is 11.8. The molecule has 5 heteroatoms. The fourth-order valence-corrected chi connectivity index (χ4v) is 2.11. The summed E-state index contributed by atoms with van der Waals surface area (Å²) in [6.45, 7) is 2.38.